The molecule has 0 saturated heterocycles. The minimum Gasteiger partial charge on any atom is -0.480 e. The van der Waals surface area contributed by atoms with Crippen LogP contribution in [0.2, 0.25) is 0 Å². The van der Waals surface area contributed by atoms with Gasteiger partial charge in [-0.15, -0.1) is 0 Å². The first-order valence-electron chi connectivity index (χ1n) is 13.7. The maximum Gasteiger partial charge on any atom is 0.326 e. The molecule has 1 rings (SSSR count). The zero-order valence-electron chi connectivity index (χ0n) is 23.7. The van der Waals surface area contributed by atoms with Gasteiger partial charge >= 0.3 is 5.97 Å². The van der Waals surface area contributed by atoms with Gasteiger partial charge in [-0.25, -0.2) is 4.79 Å². The fraction of sp³-hybridized carbons (Fsp3) is 0.607. The number of nitrogens with one attached hydrogen (secondary N) is 3. The number of carbonyl (C=O) groups is 5. The smallest absolute Gasteiger partial charge is 0.326 e. The monoisotopic (exact) mass is 581 g/mol. The average Bonchev–Trinajstić information content (AvgIpc) is 2.94. The van der Waals surface area contributed by atoms with Gasteiger partial charge in [0.1, 0.15) is 25.5 Å². The van der Waals surface area contributed by atoms with E-state index in [2.05, 4.69) is 16.0 Å². The van der Waals surface area contributed by atoms with E-state index in [9.17, 15) is 29.1 Å². The number of hydrogen-bond acceptors (Lipinski definition) is 9. The Morgan fingerprint density at radius 3 is 2.05 bits per heavy atom. The van der Waals surface area contributed by atoms with Gasteiger partial charge < -0.3 is 44.8 Å². The summed E-state index contributed by atoms with van der Waals surface area (Å²) < 4.78 is 20.7. The number of carbonyl (C=O) groups excluding carboxylic acids is 4. The number of carboxylic acids is 1. The minimum absolute atomic E-state index is 0.0242. The molecule has 0 unspecified atom stereocenters. The zero-order valence-corrected chi connectivity index (χ0v) is 23.7. The zero-order chi connectivity index (χ0) is 30.1. The lowest BCUT2D eigenvalue weighted by Gasteiger charge is -2.14. The standard InChI is InChI=1S/C28H43N3O10/c1-22-5-7-23(8-6-22)3-2-4-26(34)31-24(28(36)37)9-10-25(33)29-11-14-39-19-20-41-21-27(35)30-12-15-38-17-18-40-16-13-32/h5-8,13,24H,2-4,9-12,14-21H2,1H3,(H,29,33)(H,30,35)(H,31,34)(H,36,37)/t24-/m0/s1. The predicted molar refractivity (Wildman–Crippen MR) is 148 cm³/mol. The second-order valence-electron chi connectivity index (χ2n) is 9.05. The number of hydrogen-bond donors (Lipinski definition) is 4. The molecule has 0 heterocycles. The van der Waals surface area contributed by atoms with Crippen molar-refractivity contribution in [2.45, 2.75) is 45.1 Å². The van der Waals surface area contributed by atoms with Crippen LogP contribution in [0.1, 0.15) is 36.8 Å². The van der Waals surface area contributed by atoms with Crippen LogP contribution in [0.4, 0.5) is 0 Å². The molecule has 0 aliphatic rings. The molecule has 0 saturated carbocycles. The summed E-state index contributed by atoms with van der Waals surface area (Å²) in [5.74, 6) is -2.19. The number of benzene rings is 1. The van der Waals surface area contributed by atoms with Crippen molar-refractivity contribution < 1.29 is 48.0 Å². The van der Waals surface area contributed by atoms with Crippen LogP contribution in [0, 0.1) is 6.92 Å². The lowest BCUT2D eigenvalue weighted by atomic mass is 10.1. The lowest BCUT2D eigenvalue weighted by Crippen LogP contribution is -2.41. The van der Waals surface area contributed by atoms with Crippen LogP contribution in [-0.4, -0.2) is 107 Å². The molecule has 1 atom stereocenters. The number of rotatable bonds is 25. The largest absolute Gasteiger partial charge is 0.480 e. The third-order valence-electron chi connectivity index (χ3n) is 5.58. The summed E-state index contributed by atoms with van der Waals surface area (Å²) in [7, 11) is 0. The maximum absolute atomic E-state index is 12.2. The van der Waals surface area contributed by atoms with Crippen molar-refractivity contribution in [3.05, 3.63) is 35.4 Å². The van der Waals surface area contributed by atoms with Crippen molar-refractivity contribution in [2.75, 3.05) is 65.9 Å². The highest BCUT2D eigenvalue weighted by Crippen LogP contribution is 2.08. The molecule has 0 aliphatic carbocycles. The second kappa shape index (κ2) is 23.3. The summed E-state index contributed by atoms with van der Waals surface area (Å²) in [5.41, 5.74) is 2.27. The Labute approximate surface area is 240 Å². The molecule has 4 N–H and O–H groups in total. The topological polar surface area (TPSA) is 179 Å². The number of ether oxygens (including phenoxy) is 4. The third-order valence-corrected chi connectivity index (χ3v) is 5.58. The molecule has 41 heavy (non-hydrogen) atoms. The summed E-state index contributed by atoms with van der Waals surface area (Å²) in [5, 5.41) is 17.1. The average molecular weight is 582 g/mol. The van der Waals surface area contributed by atoms with Crippen LogP contribution in [0.15, 0.2) is 24.3 Å². The number of carboxylic acid groups (broad SMARTS) is 1. The minimum atomic E-state index is -1.19. The molecule has 1 aromatic rings. The van der Waals surface area contributed by atoms with Crippen LogP contribution >= 0.6 is 0 Å². The van der Waals surface area contributed by atoms with Gasteiger partial charge in [-0.3, -0.25) is 14.4 Å². The molecule has 1 aromatic carbocycles. The van der Waals surface area contributed by atoms with Crippen molar-refractivity contribution >= 4 is 30.0 Å². The first-order valence-corrected chi connectivity index (χ1v) is 13.7. The quantitative estimate of drug-likeness (QED) is 0.0918. The molecule has 0 fully saturated rings. The van der Waals surface area contributed by atoms with Crippen LogP contribution in [0.25, 0.3) is 0 Å². The Balaban J connectivity index is 2.02. The van der Waals surface area contributed by atoms with E-state index >= 15 is 0 Å². The van der Waals surface area contributed by atoms with Crippen molar-refractivity contribution in [1.29, 1.82) is 0 Å². The van der Waals surface area contributed by atoms with Crippen LogP contribution in [0.3, 0.4) is 0 Å². The van der Waals surface area contributed by atoms with Crippen LogP contribution in [0.5, 0.6) is 0 Å². The highest BCUT2D eigenvalue weighted by molar-refractivity contribution is 5.84. The van der Waals surface area contributed by atoms with Gasteiger partial charge in [-0.05, 0) is 31.7 Å². The molecule has 0 aliphatic heterocycles. The van der Waals surface area contributed by atoms with Crippen molar-refractivity contribution in [3.63, 3.8) is 0 Å². The van der Waals surface area contributed by atoms with Gasteiger partial charge in [0.15, 0.2) is 0 Å². The Morgan fingerprint density at radius 1 is 0.805 bits per heavy atom. The molecule has 0 radical (unpaired) electrons. The highest BCUT2D eigenvalue weighted by Gasteiger charge is 2.20. The summed E-state index contributed by atoms with van der Waals surface area (Å²) in [4.78, 5) is 57.4. The number of aliphatic carboxylic acids is 1. The van der Waals surface area contributed by atoms with E-state index in [0.29, 0.717) is 39.1 Å². The van der Waals surface area contributed by atoms with Crippen molar-refractivity contribution in [2.24, 2.45) is 0 Å². The lowest BCUT2D eigenvalue weighted by molar-refractivity contribution is -0.142. The SMILES string of the molecule is Cc1ccc(CCCC(=O)N[C@@H](CCC(=O)NCCOCCOCC(=O)NCCOCCOCC=O)C(=O)O)cc1. The fourth-order valence-corrected chi connectivity index (χ4v) is 3.41. The van der Waals surface area contributed by atoms with Gasteiger partial charge in [0, 0.05) is 25.9 Å². The summed E-state index contributed by atoms with van der Waals surface area (Å²) in [6, 6.07) is 6.88. The summed E-state index contributed by atoms with van der Waals surface area (Å²) in [6.07, 6.45) is 2.09. The van der Waals surface area contributed by atoms with Gasteiger partial charge in [-0.2, -0.15) is 0 Å². The van der Waals surface area contributed by atoms with E-state index in [0.717, 1.165) is 17.5 Å². The molecule has 0 aromatic heterocycles. The normalized spacial score (nSPS) is 11.4. The molecule has 0 bridgehead atoms. The van der Waals surface area contributed by atoms with E-state index in [1.807, 2.05) is 31.2 Å². The first kappa shape index (κ1) is 35.6. The fourth-order valence-electron chi connectivity index (χ4n) is 3.41. The summed E-state index contributed by atoms with van der Waals surface area (Å²) in [6.45, 7) is 4.03. The van der Waals surface area contributed by atoms with E-state index in [1.54, 1.807) is 0 Å². The Bertz CT molecular complexity index is 911. The van der Waals surface area contributed by atoms with Crippen LogP contribution in [-0.2, 0) is 49.3 Å². The molecule has 230 valence electrons. The number of aryl methyl sites for hydroxylation is 2. The molecule has 13 heteroatoms. The Kier molecular flexibility index (Phi) is 20.3. The summed E-state index contributed by atoms with van der Waals surface area (Å²) >= 11 is 0. The van der Waals surface area contributed by atoms with E-state index < -0.39 is 12.0 Å². The molecule has 13 nitrogen and oxygen atoms in total. The predicted octanol–water partition coefficient (Wildman–Crippen LogP) is 0.165. The number of amides is 3. The maximum atomic E-state index is 12.2. The molecule has 3 amide bonds. The molecular formula is C28H43N3O10. The highest BCUT2D eigenvalue weighted by atomic mass is 16.5. The van der Waals surface area contributed by atoms with Gasteiger partial charge in [-0.1, -0.05) is 29.8 Å². The van der Waals surface area contributed by atoms with Gasteiger partial charge in [0.2, 0.25) is 17.7 Å². The first-order chi connectivity index (χ1) is 19.8. The van der Waals surface area contributed by atoms with Crippen molar-refractivity contribution in [3.8, 4) is 0 Å². The Hall–Kier alpha value is -3.39. The van der Waals surface area contributed by atoms with E-state index in [-0.39, 0.29) is 76.6 Å². The van der Waals surface area contributed by atoms with Gasteiger partial charge in [0.25, 0.3) is 0 Å². The molecular weight excluding hydrogens is 538 g/mol. The number of aldehydes is 1. The molecule has 0 spiro atoms. The third kappa shape index (κ3) is 20.2. The van der Waals surface area contributed by atoms with Crippen molar-refractivity contribution in [1.82, 2.24) is 16.0 Å². The second-order valence-corrected chi connectivity index (χ2v) is 9.05. The van der Waals surface area contributed by atoms with Gasteiger partial charge in [0.05, 0.1) is 39.6 Å². The van der Waals surface area contributed by atoms with E-state index in [1.165, 1.54) is 0 Å². The Morgan fingerprint density at radius 2 is 1.41 bits per heavy atom. The van der Waals surface area contributed by atoms with Crippen LogP contribution < -0.4 is 16.0 Å². The van der Waals surface area contributed by atoms with E-state index in [4.69, 9.17) is 18.9 Å².